The van der Waals surface area contributed by atoms with Gasteiger partial charge in [-0.15, -0.1) is 0 Å². The molecule has 1 aromatic carbocycles. The molecule has 0 spiro atoms. The van der Waals surface area contributed by atoms with Gasteiger partial charge in [-0.2, -0.15) is 0 Å². The lowest BCUT2D eigenvalue weighted by atomic mass is 9.92. The van der Waals surface area contributed by atoms with Gasteiger partial charge in [-0.25, -0.2) is 4.79 Å². The fourth-order valence-corrected chi connectivity index (χ4v) is 2.43. The molecular weight excluding hydrogens is 280 g/mol. The van der Waals surface area contributed by atoms with Gasteiger partial charge in [-0.1, -0.05) is 17.7 Å². The number of carbonyl (C=O) groups is 1. The number of rotatable bonds is 4. The van der Waals surface area contributed by atoms with Crippen molar-refractivity contribution in [1.29, 1.82) is 0 Å². The molecule has 4 nitrogen and oxygen atoms in total. The summed E-state index contributed by atoms with van der Waals surface area (Å²) in [7, 11) is 0. The molecule has 5 heteroatoms. The van der Waals surface area contributed by atoms with Crippen LogP contribution in [0.3, 0.4) is 0 Å². The molecule has 1 aromatic rings. The number of carboxylic acid groups (broad SMARTS) is 1. The molecule has 0 saturated carbocycles. The molecule has 20 heavy (non-hydrogen) atoms. The second-order valence-electron chi connectivity index (χ2n) is 5.49. The molecule has 0 atom stereocenters. The molecule has 1 saturated heterocycles. The summed E-state index contributed by atoms with van der Waals surface area (Å²) < 4.78 is 10.8. The molecule has 1 heterocycles. The molecule has 0 aliphatic carbocycles. The highest BCUT2D eigenvalue weighted by molar-refractivity contribution is 6.32. The highest BCUT2D eigenvalue weighted by Gasteiger charge is 2.30. The Morgan fingerprint density at radius 1 is 1.40 bits per heavy atom. The topological polar surface area (TPSA) is 55.8 Å². The van der Waals surface area contributed by atoms with Gasteiger partial charge < -0.3 is 14.6 Å². The summed E-state index contributed by atoms with van der Waals surface area (Å²) in [5.74, 6) is -0.181. The number of halogens is 1. The van der Waals surface area contributed by atoms with Crippen molar-refractivity contribution in [2.24, 2.45) is 0 Å². The Morgan fingerprint density at radius 2 is 2.05 bits per heavy atom. The minimum absolute atomic E-state index is 0.398. The van der Waals surface area contributed by atoms with Crippen molar-refractivity contribution in [3.63, 3.8) is 0 Å². The molecule has 0 radical (unpaired) electrons. The third-order valence-corrected chi connectivity index (χ3v) is 3.82. The van der Waals surface area contributed by atoms with Crippen molar-refractivity contribution in [1.82, 2.24) is 0 Å². The molecule has 1 aliphatic rings. The van der Waals surface area contributed by atoms with Gasteiger partial charge in [-0.05, 0) is 50.3 Å². The molecule has 1 fully saturated rings. The van der Waals surface area contributed by atoms with Crippen LogP contribution in [0.15, 0.2) is 18.2 Å². The minimum atomic E-state index is -1.30. The zero-order chi connectivity index (χ0) is 14.8. The quantitative estimate of drug-likeness (QED) is 0.924. The molecule has 1 aliphatic heterocycles. The van der Waals surface area contributed by atoms with Gasteiger partial charge in [-0.3, -0.25) is 0 Å². The number of carboxylic acids is 1. The zero-order valence-electron chi connectivity index (χ0n) is 11.7. The van der Waals surface area contributed by atoms with Crippen LogP contribution in [-0.4, -0.2) is 29.9 Å². The summed E-state index contributed by atoms with van der Waals surface area (Å²) in [4.78, 5) is 11.1. The maximum absolute atomic E-state index is 11.1. The van der Waals surface area contributed by atoms with Crippen molar-refractivity contribution < 1.29 is 19.4 Å². The summed E-state index contributed by atoms with van der Waals surface area (Å²) in [6, 6.07) is 5.57. The molecule has 2 rings (SSSR count). The van der Waals surface area contributed by atoms with E-state index in [0.717, 1.165) is 31.6 Å². The van der Waals surface area contributed by atoms with Crippen molar-refractivity contribution in [3.8, 4) is 5.75 Å². The Hall–Kier alpha value is -1.26. The number of aliphatic carboxylic acids is 1. The third kappa shape index (κ3) is 3.44. The first-order valence-electron chi connectivity index (χ1n) is 6.70. The van der Waals surface area contributed by atoms with Gasteiger partial charge in [0.2, 0.25) is 0 Å². The maximum Gasteiger partial charge on any atom is 0.347 e. The Kier molecular flexibility index (Phi) is 4.55. The number of hydrogen-bond acceptors (Lipinski definition) is 3. The Morgan fingerprint density at radius 3 is 2.60 bits per heavy atom. The molecule has 0 bridgehead atoms. The van der Waals surface area contributed by atoms with Crippen LogP contribution in [0.25, 0.3) is 0 Å². The minimum Gasteiger partial charge on any atom is -0.478 e. The largest absolute Gasteiger partial charge is 0.478 e. The first-order valence-corrected chi connectivity index (χ1v) is 7.07. The Bertz CT molecular complexity index is 493. The first-order chi connectivity index (χ1) is 9.40. The highest BCUT2D eigenvalue weighted by Crippen LogP contribution is 2.34. The maximum atomic E-state index is 11.1. The van der Waals surface area contributed by atoms with E-state index in [1.165, 1.54) is 13.8 Å². The van der Waals surface area contributed by atoms with Gasteiger partial charge in [0.25, 0.3) is 0 Å². The van der Waals surface area contributed by atoms with Crippen molar-refractivity contribution in [2.45, 2.75) is 38.2 Å². The lowest BCUT2D eigenvalue weighted by Gasteiger charge is -2.25. The van der Waals surface area contributed by atoms with Crippen LogP contribution in [0, 0.1) is 0 Å². The van der Waals surface area contributed by atoms with E-state index in [-0.39, 0.29) is 0 Å². The van der Waals surface area contributed by atoms with Crippen LogP contribution in [0.2, 0.25) is 5.02 Å². The van der Waals surface area contributed by atoms with E-state index < -0.39 is 11.6 Å². The summed E-state index contributed by atoms with van der Waals surface area (Å²) in [5, 5.41) is 9.52. The summed E-state index contributed by atoms with van der Waals surface area (Å²) in [6.07, 6.45) is 1.97. The molecule has 0 aromatic heterocycles. The van der Waals surface area contributed by atoms with Crippen molar-refractivity contribution in [3.05, 3.63) is 28.8 Å². The number of hydrogen-bond donors (Lipinski definition) is 1. The van der Waals surface area contributed by atoms with E-state index in [0.29, 0.717) is 16.7 Å². The van der Waals surface area contributed by atoms with Crippen LogP contribution in [0.1, 0.15) is 38.2 Å². The van der Waals surface area contributed by atoms with Gasteiger partial charge in [0.1, 0.15) is 5.75 Å². The number of benzene rings is 1. The predicted molar refractivity (Wildman–Crippen MR) is 76.6 cm³/mol. The number of ether oxygens (including phenoxy) is 2. The van der Waals surface area contributed by atoms with Crippen LogP contribution >= 0.6 is 11.6 Å². The standard InChI is InChI=1S/C15H19ClO4/c1-15(2,14(17)18)20-13-4-3-11(9-12(13)16)10-5-7-19-8-6-10/h3-4,9-10H,5-8H2,1-2H3,(H,17,18). The van der Waals surface area contributed by atoms with Crippen LogP contribution in [-0.2, 0) is 9.53 Å². The van der Waals surface area contributed by atoms with E-state index in [1.807, 2.05) is 12.1 Å². The third-order valence-electron chi connectivity index (χ3n) is 3.53. The van der Waals surface area contributed by atoms with Crippen LogP contribution in [0.4, 0.5) is 0 Å². The van der Waals surface area contributed by atoms with Crippen LogP contribution in [0.5, 0.6) is 5.75 Å². The average Bonchev–Trinajstić information content (AvgIpc) is 2.41. The van der Waals surface area contributed by atoms with Gasteiger partial charge in [0.15, 0.2) is 5.60 Å². The van der Waals surface area contributed by atoms with E-state index in [2.05, 4.69) is 0 Å². The average molecular weight is 299 g/mol. The normalized spacial score (nSPS) is 16.9. The molecule has 0 amide bonds. The summed E-state index contributed by atoms with van der Waals surface area (Å²) in [6.45, 7) is 4.54. The molecular formula is C15H19ClO4. The Labute approximate surface area is 123 Å². The van der Waals surface area contributed by atoms with E-state index >= 15 is 0 Å². The fraction of sp³-hybridized carbons (Fsp3) is 0.533. The zero-order valence-corrected chi connectivity index (χ0v) is 12.4. The van der Waals surface area contributed by atoms with Crippen molar-refractivity contribution in [2.75, 3.05) is 13.2 Å². The second-order valence-corrected chi connectivity index (χ2v) is 5.90. The van der Waals surface area contributed by atoms with Gasteiger partial charge in [0.05, 0.1) is 5.02 Å². The van der Waals surface area contributed by atoms with E-state index in [9.17, 15) is 4.79 Å². The van der Waals surface area contributed by atoms with Crippen molar-refractivity contribution >= 4 is 17.6 Å². The predicted octanol–water partition coefficient (Wildman–Crippen LogP) is 3.48. The summed E-state index contributed by atoms with van der Waals surface area (Å²) in [5.41, 5.74) is -0.150. The smallest absolute Gasteiger partial charge is 0.347 e. The molecule has 1 N–H and O–H groups in total. The van der Waals surface area contributed by atoms with E-state index in [4.69, 9.17) is 26.2 Å². The van der Waals surface area contributed by atoms with Gasteiger partial charge >= 0.3 is 5.97 Å². The SMILES string of the molecule is CC(C)(Oc1ccc(C2CCOCC2)cc1Cl)C(=O)O. The van der Waals surface area contributed by atoms with E-state index in [1.54, 1.807) is 6.07 Å². The van der Waals surface area contributed by atoms with Gasteiger partial charge in [0, 0.05) is 13.2 Å². The second kappa shape index (κ2) is 6.02. The monoisotopic (exact) mass is 298 g/mol. The molecule has 0 unspecified atom stereocenters. The summed E-state index contributed by atoms with van der Waals surface area (Å²) >= 11 is 6.21. The Balaban J connectivity index is 2.15. The lowest BCUT2D eigenvalue weighted by molar-refractivity contribution is -0.152. The fourth-order valence-electron chi connectivity index (χ4n) is 2.20. The van der Waals surface area contributed by atoms with Crippen LogP contribution < -0.4 is 4.74 Å². The highest BCUT2D eigenvalue weighted by atomic mass is 35.5. The molecule has 110 valence electrons. The lowest BCUT2D eigenvalue weighted by Crippen LogP contribution is -2.37. The first kappa shape index (κ1) is 15.1.